The molecule has 2 aromatic rings. The Morgan fingerprint density at radius 1 is 1.00 bits per heavy atom. The third-order valence-corrected chi connectivity index (χ3v) is 5.32. The lowest BCUT2D eigenvalue weighted by molar-refractivity contribution is -0.146. The maximum Gasteiger partial charge on any atom is 0.302 e. The molecule has 0 amide bonds. The number of carbonyl (C=O) groups excluding carboxylic acids is 1. The number of esters is 1. The minimum Gasteiger partial charge on any atom is -0.466 e. The Bertz CT molecular complexity index is 704. The van der Waals surface area contributed by atoms with E-state index in [-0.39, 0.29) is 18.0 Å². The van der Waals surface area contributed by atoms with Gasteiger partial charge in [0.05, 0.1) is 19.3 Å². The second-order valence-corrected chi connectivity index (χ2v) is 7.44. The SMILES string of the molecule is CC(=O)OCC1CN(Cc2ccccc2)C[C@H](OCc2ccccc2)[C@@H]1C. The average molecular weight is 367 g/mol. The quantitative estimate of drug-likeness (QED) is 0.696. The first-order chi connectivity index (χ1) is 13.1. The van der Waals surface area contributed by atoms with Gasteiger partial charge in [0.1, 0.15) is 0 Å². The molecule has 1 unspecified atom stereocenters. The van der Waals surface area contributed by atoms with Crippen LogP contribution in [0.15, 0.2) is 60.7 Å². The average Bonchev–Trinajstić information content (AvgIpc) is 2.68. The Morgan fingerprint density at radius 3 is 2.26 bits per heavy atom. The Balaban J connectivity index is 1.66. The van der Waals surface area contributed by atoms with Crippen molar-refractivity contribution in [3.63, 3.8) is 0 Å². The molecule has 0 spiro atoms. The zero-order valence-corrected chi connectivity index (χ0v) is 16.2. The molecular weight excluding hydrogens is 338 g/mol. The number of hydrogen-bond donors (Lipinski definition) is 0. The smallest absolute Gasteiger partial charge is 0.302 e. The largest absolute Gasteiger partial charge is 0.466 e. The van der Waals surface area contributed by atoms with Gasteiger partial charge in [-0.25, -0.2) is 0 Å². The first-order valence-electron chi connectivity index (χ1n) is 9.67. The van der Waals surface area contributed by atoms with E-state index in [2.05, 4.69) is 48.2 Å². The van der Waals surface area contributed by atoms with Gasteiger partial charge in [0, 0.05) is 32.5 Å². The van der Waals surface area contributed by atoms with Crippen molar-refractivity contribution in [1.82, 2.24) is 4.90 Å². The second-order valence-electron chi connectivity index (χ2n) is 7.44. The summed E-state index contributed by atoms with van der Waals surface area (Å²) in [5, 5.41) is 0. The van der Waals surface area contributed by atoms with Crippen LogP contribution in [0.5, 0.6) is 0 Å². The molecule has 0 bridgehead atoms. The monoisotopic (exact) mass is 367 g/mol. The summed E-state index contributed by atoms with van der Waals surface area (Å²) >= 11 is 0. The van der Waals surface area contributed by atoms with Crippen LogP contribution in [0.4, 0.5) is 0 Å². The zero-order valence-electron chi connectivity index (χ0n) is 16.2. The first kappa shape index (κ1) is 19.6. The number of benzene rings is 2. The van der Waals surface area contributed by atoms with Crippen LogP contribution in [-0.2, 0) is 27.4 Å². The van der Waals surface area contributed by atoms with Crippen LogP contribution in [0, 0.1) is 11.8 Å². The van der Waals surface area contributed by atoms with Crippen LogP contribution in [0.2, 0.25) is 0 Å². The third kappa shape index (κ3) is 5.91. The van der Waals surface area contributed by atoms with Crippen LogP contribution >= 0.6 is 0 Å². The van der Waals surface area contributed by atoms with Gasteiger partial charge in [0.15, 0.2) is 0 Å². The molecule has 0 radical (unpaired) electrons. The lowest BCUT2D eigenvalue weighted by Gasteiger charge is -2.42. The zero-order chi connectivity index (χ0) is 19.1. The molecule has 4 heteroatoms. The van der Waals surface area contributed by atoms with Gasteiger partial charge in [0.2, 0.25) is 0 Å². The minimum atomic E-state index is -0.218. The summed E-state index contributed by atoms with van der Waals surface area (Å²) in [6.07, 6.45) is 0.114. The van der Waals surface area contributed by atoms with Gasteiger partial charge in [-0.2, -0.15) is 0 Å². The molecule has 4 nitrogen and oxygen atoms in total. The van der Waals surface area contributed by atoms with E-state index >= 15 is 0 Å². The predicted molar refractivity (Wildman–Crippen MR) is 106 cm³/mol. The van der Waals surface area contributed by atoms with E-state index in [0.29, 0.717) is 19.1 Å². The topological polar surface area (TPSA) is 38.8 Å². The van der Waals surface area contributed by atoms with Crippen molar-refractivity contribution in [1.29, 1.82) is 0 Å². The molecule has 0 N–H and O–H groups in total. The van der Waals surface area contributed by atoms with E-state index in [1.165, 1.54) is 18.1 Å². The Kier molecular flexibility index (Phi) is 7.02. The highest BCUT2D eigenvalue weighted by Crippen LogP contribution is 2.28. The molecule has 1 saturated heterocycles. The number of nitrogens with zero attached hydrogens (tertiary/aromatic N) is 1. The molecule has 3 rings (SSSR count). The Morgan fingerprint density at radius 2 is 1.63 bits per heavy atom. The van der Waals surface area contributed by atoms with E-state index < -0.39 is 0 Å². The summed E-state index contributed by atoms with van der Waals surface area (Å²) < 4.78 is 11.6. The van der Waals surface area contributed by atoms with E-state index in [0.717, 1.165) is 19.6 Å². The van der Waals surface area contributed by atoms with Crippen molar-refractivity contribution >= 4 is 5.97 Å². The predicted octanol–water partition coefficient (Wildman–Crippen LogP) is 3.90. The van der Waals surface area contributed by atoms with Crippen molar-refractivity contribution < 1.29 is 14.3 Å². The second kappa shape index (κ2) is 9.67. The highest BCUT2D eigenvalue weighted by Gasteiger charge is 2.35. The molecule has 144 valence electrons. The van der Waals surface area contributed by atoms with Gasteiger partial charge in [-0.15, -0.1) is 0 Å². The normalized spacial score (nSPS) is 23.1. The van der Waals surface area contributed by atoms with E-state index in [1.54, 1.807) is 0 Å². The molecule has 1 aliphatic rings. The van der Waals surface area contributed by atoms with Crippen LogP contribution in [0.1, 0.15) is 25.0 Å². The number of piperidine rings is 1. The van der Waals surface area contributed by atoms with Crippen molar-refractivity contribution in [3.8, 4) is 0 Å². The Hall–Kier alpha value is -2.17. The lowest BCUT2D eigenvalue weighted by Crippen LogP contribution is -2.50. The van der Waals surface area contributed by atoms with Crippen molar-refractivity contribution in [2.45, 2.75) is 33.1 Å². The van der Waals surface area contributed by atoms with Crippen LogP contribution < -0.4 is 0 Å². The fourth-order valence-electron chi connectivity index (χ4n) is 3.68. The van der Waals surface area contributed by atoms with Crippen molar-refractivity contribution in [2.24, 2.45) is 11.8 Å². The molecule has 1 heterocycles. The summed E-state index contributed by atoms with van der Waals surface area (Å²) in [5.41, 5.74) is 2.47. The van der Waals surface area contributed by atoms with Gasteiger partial charge in [0.25, 0.3) is 0 Å². The summed E-state index contributed by atoms with van der Waals surface area (Å²) in [6.45, 7) is 7.42. The Labute approximate surface area is 162 Å². The number of rotatable bonds is 7. The minimum absolute atomic E-state index is 0.114. The number of ether oxygens (including phenoxy) is 2. The van der Waals surface area contributed by atoms with Gasteiger partial charge >= 0.3 is 5.97 Å². The maximum atomic E-state index is 11.3. The molecule has 27 heavy (non-hydrogen) atoms. The van der Waals surface area contributed by atoms with Crippen molar-refractivity contribution in [3.05, 3.63) is 71.8 Å². The standard InChI is InChI=1S/C23H29NO3/c1-18-22(17-26-19(2)25)14-24(13-20-9-5-3-6-10-20)15-23(18)27-16-21-11-7-4-8-12-21/h3-12,18,22-23H,13-17H2,1-2H3/t18-,22?,23+/m1/s1. The molecule has 0 saturated carbocycles. The molecule has 1 aliphatic heterocycles. The molecule has 0 aromatic heterocycles. The molecule has 3 atom stereocenters. The highest BCUT2D eigenvalue weighted by molar-refractivity contribution is 5.65. The molecule has 0 aliphatic carbocycles. The summed E-state index contributed by atoms with van der Waals surface area (Å²) in [4.78, 5) is 13.7. The van der Waals surface area contributed by atoms with Gasteiger partial charge in [-0.1, -0.05) is 67.6 Å². The lowest BCUT2D eigenvalue weighted by atomic mass is 9.85. The van der Waals surface area contributed by atoms with E-state index in [4.69, 9.17) is 9.47 Å². The van der Waals surface area contributed by atoms with E-state index in [1.807, 2.05) is 24.3 Å². The molecule has 1 fully saturated rings. The summed E-state index contributed by atoms with van der Waals surface area (Å²) in [5.74, 6) is 0.386. The molecule has 2 aromatic carbocycles. The van der Waals surface area contributed by atoms with Crippen LogP contribution in [0.3, 0.4) is 0 Å². The number of hydrogen-bond acceptors (Lipinski definition) is 4. The van der Waals surface area contributed by atoms with Crippen LogP contribution in [-0.4, -0.2) is 36.7 Å². The third-order valence-electron chi connectivity index (χ3n) is 5.32. The van der Waals surface area contributed by atoms with Crippen molar-refractivity contribution in [2.75, 3.05) is 19.7 Å². The first-order valence-corrected chi connectivity index (χ1v) is 9.67. The fourth-order valence-corrected chi connectivity index (χ4v) is 3.68. The van der Waals surface area contributed by atoms with E-state index in [9.17, 15) is 4.79 Å². The highest BCUT2D eigenvalue weighted by atomic mass is 16.5. The summed E-state index contributed by atoms with van der Waals surface area (Å²) in [7, 11) is 0. The molecular formula is C23H29NO3. The van der Waals surface area contributed by atoms with Gasteiger partial charge in [-0.05, 0) is 17.0 Å². The van der Waals surface area contributed by atoms with Gasteiger partial charge < -0.3 is 9.47 Å². The van der Waals surface area contributed by atoms with Gasteiger partial charge in [-0.3, -0.25) is 9.69 Å². The maximum absolute atomic E-state index is 11.3. The fraction of sp³-hybridized carbons (Fsp3) is 0.435. The number of carbonyl (C=O) groups is 1. The number of likely N-dealkylation sites (tertiary alicyclic amines) is 1. The van der Waals surface area contributed by atoms with Crippen LogP contribution in [0.25, 0.3) is 0 Å². The summed E-state index contributed by atoms with van der Waals surface area (Å²) in [6, 6.07) is 20.8.